The zero-order chi connectivity index (χ0) is 11.8. The van der Waals surface area contributed by atoms with E-state index in [1.807, 2.05) is 6.07 Å². The topological polar surface area (TPSA) is 21.3 Å². The summed E-state index contributed by atoms with van der Waals surface area (Å²) in [5.41, 5.74) is 1.28. The van der Waals surface area contributed by atoms with Gasteiger partial charge in [-0.15, -0.1) is 11.3 Å². The van der Waals surface area contributed by atoms with Gasteiger partial charge in [0.1, 0.15) is 0 Å². The van der Waals surface area contributed by atoms with E-state index in [0.29, 0.717) is 6.04 Å². The van der Waals surface area contributed by atoms with Crippen molar-refractivity contribution in [1.82, 2.24) is 5.32 Å². The number of hydrogen-bond acceptors (Lipinski definition) is 3. The predicted octanol–water partition coefficient (Wildman–Crippen LogP) is 3.87. The SMILES string of the molecule is COCCCCCNC(C)c1csc(Cl)c1. The third-order valence-electron chi connectivity index (χ3n) is 2.56. The highest BCUT2D eigenvalue weighted by Crippen LogP contribution is 2.24. The molecule has 0 fully saturated rings. The lowest BCUT2D eigenvalue weighted by molar-refractivity contribution is 0.192. The standard InChI is InChI=1S/C12H20ClNOS/c1-10(11-8-12(13)16-9-11)14-6-4-3-5-7-15-2/h8-10,14H,3-7H2,1-2H3. The summed E-state index contributed by atoms with van der Waals surface area (Å²) in [6.45, 7) is 4.10. The van der Waals surface area contributed by atoms with Crippen LogP contribution < -0.4 is 5.32 Å². The third-order valence-corrected chi connectivity index (χ3v) is 3.67. The summed E-state index contributed by atoms with van der Waals surface area (Å²) in [6, 6.07) is 2.43. The van der Waals surface area contributed by atoms with Gasteiger partial charge in [-0.25, -0.2) is 0 Å². The van der Waals surface area contributed by atoms with E-state index in [1.54, 1.807) is 18.4 Å². The van der Waals surface area contributed by atoms with Crippen LogP contribution in [-0.4, -0.2) is 20.3 Å². The molecule has 0 spiro atoms. The zero-order valence-corrected chi connectivity index (χ0v) is 11.5. The van der Waals surface area contributed by atoms with Crippen LogP contribution in [0.1, 0.15) is 37.8 Å². The average molecular weight is 262 g/mol. The van der Waals surface area contributed by atoms with E-state index < -0.39 is 0 Å². The Morgan fingerprint density at radius 1 is 1.44 bits per heavy atom. The summed E-state index contributed by atoms with van der Waals surface area (Å²) in [7, 11) is 1.75. The third kappa shape index (κ3) is 5.30. The molecule has 1 aromatic heterocycles. The molecular weight excluding hydrogens is 242 g/mol. The lowest BCUT2D eigenvalue weighted by Crippen LogP contribution is -2.19. The summed E-state index contributed by atoms with van der Waals surface area (Å²) in [5.74, 6) is 0. The number of hydrogen-bond donors (Lipinski definition) is 1. The molecule has 0 radical (unpaired) electrons. The number of halogens is 1. The Balaban J connectivity index is 2.09. The highest BCUT2D eigenvalue weighted by molar-refractivity contribution is 7.14. The van der Waals surface area contributed by atoms with Gasteiger partial charge in [-0.3, -0.25) is 0 Å². The molecule has 0 amide bonds. The van der Waals surface area contributed by atoms with Crippen LogP contribution in [0.3, 0.4) is 0 Å². The van der Waals surface area contributed by atoms with Crippen molar-refractivity contribution in [3.05, 3.63) is 21.3 Å². The molecule has 1 rings (SSSR count). The predicted molar refractivity (Wildman–Crippen MR) is 71.5 cm³/mol. The Kier molecular flexibility index (Phi) is 7.05. The van der Waals surface area contributed by atoms with Crippen molar-refractivity contribution in [2.45, 2.75) is 32.2 Å². The van der Waals surface area contributed by atoms with Crippen LogP contribution in [0.15, 0.2) is 11.4 Å². The zero-order valence-electron chi connectivity index (χ0n) is 9.96. The summed E-state index contributed by atoms with van der Waals surface area (Å²) < 4.78 is 5.87. The Bertz CT molecular complexity index is 290. The van der Waals surface area contributed by atoms with Crippen molar-refractivity contribution in [2.24, 2.45) is 0 Å². The molecule has 0 aliphatic carbocycles. The minimum atomic E-state index is 0.395. The van der Waals surface area contributed by atoms with Gasteiger partial charge in [-0.1, -0.05) is 11.6 Å². The number of ether oxygens (including phenoxy) is 1. The minimum absolute atomic E-state index is 0.395. The van der Waals surface area contributed by atoms with E-state index in [2.05, 4.69) is 17.6 Å². The van der Waals surface area contributed by atoms with Crippen molar-refractivity contribution in [3.63, 3.8) is 0 Å². The van der Waals surface area contributed by atoms with E-state index >= 15 is 0 Å². The van der Waals surface area contributed by atoms with E-state index in [1.165, 1.54) is 18.4 Å². The normalized spacial score (nSPS) is 12.9. The maximum absolute atomic E-state index is 5.90. The Hall–Kier alpha value is -0.0900. The van der Waals surface area contributed by atoms with Gasteiger partial charge in [-0.05, 0) is 49.7 Å². The maximum atomic E-state index is 5.90. The molecule has 1 atom stereocenters. The fourth-order valence-electron chi connectivity index (χ4n) is 1.54. The molecule has 0 bridgehead atoms. The largest absolute Gasteiger partial charge is 0.385 e. The van der Waals surface area contributed by atoms with E-state index in [9.17, 15) is 0 Å². The van der Waals surface area contributed by atoms with Crippen LogP contribution in [0.25, 0.3) is 0 Å². The molecule has 1 N–H and O–H groups in total. The van der Waals surface area contributed by atoms with Gasteiger partial charge in [0.2, 0.25) is 0 Å². The highest BCUT2D eigenvalue weighted by atomic mass is 35.5. The van der Waals surface area contributed by atoms with Crippen LogP contribution in [-0.2, 0) is 4.74 Å². The van der Waals surface area contributed by atoms with Gasteiger partial charge < -0.3 is 10.1 Å². The summed E-state index contributed by atoms with van der Waals surface area (Å²) >= 11 is 7.49. The fraction of sp³-hybridized carbons (Fsp3) is 0.667. The molecule has 16 heavy (non-hydrogen) atoms. The first-order valence-corrected chi connectivity index (χ1v) is 6.96. The number of methoxy groups -OCH3 is 1. The van der Waals surface area contributed by atoms with Crippen LogP contribution >= 0.6 is 22.9 Å². The van der Waals surface area contributed by atoms with Gasteiger partial charge in [-0.2, -0.15) is 0 Å². The second kappa shape index (κ2) is 8.07. The second-order valence-electron chi connectivity index (χ2n) is 3.91. The molecule has 2 nitrogen and oxygen atoms in total. The van der Waals surface area contributed by atoms with Gasteiger partial charge in [0.25, 0.3) is 0 Å². The minimum Gasteiger partial charge on any atom is -0.385 e. The van der Waals surface area contributed by atoms with E-state index in [-0.39, 0.29) is 0 Å². The summed E-state index contributed by atoms with van der Waals surface area (Å²) in [5, 5.41) is 5.61. The van der Waals surface area contributed by atoms with Gasteiger partial charge in [0.15, 0.2) is 0 Å². The monoisotopic (exact) mass is 261 g/mol. The van der Waals surface area contributed by atoms with Crippen molar-refractivity contribution >= 4 is 22.9 Å². The molecule has 1 heterocycles. The second-order valence-corrected chi connectivity index (χ2v) is 5.46. The molecule has 1 unspecified atom stereocenters. The first-order chi connectivity index (χ1) is 7.74. The molecule has 0 aliphatic heterocycles. The number of unbranched alkanes of at least 4 members (excludes halogenated alkanes) is 2. The van der Waals surface area contributed by atoms with Crippen LogP contribution in [0.4, 0.5) is 0 Å². The van der Waals surface area contributed by atoms with Crippen LogP contribution in [0.2, 0.25) is 4.34 Å². The maximum Gasteiger partial charge on any atom is 0.0931 e. The first kappa shape index (κ1) is 14.0. The fourth-order valence-corrected chi connectivity index (χ4v) is 2.52. The van der Waals surface area contributed by atoms with Gasteiger partial charge >= 0.3 is 0 Å². The Morgan fingerprint density at radius 3 is 2.88 bits per heavy atom. The van der Waals surface area contributed by atoms with Gasteiger partial charge in [0, 0.05) is 19.8 Å². The molecule has 0 aliphatic rings. The van der Waals surface area contributed by atoms with E-state index in [4.69, 9.17) is 16.3 Å². The molecule has 0 saturated carbocycles. The number of nitrogens with one attached hydrogen (secondary N) is 1. The van der Waals surface area contributed by atoms with E-state index in [0.717, 1.165) is 23.9 Å². The lowest BCUT2D eigenvalue weighted by Gasteiger charge is -2.11. The Morgan fingerprint density at radius 2 is 2.25 bits per heavy atom. The molecular formula is C12H20ClNOS. The summed E-state index contributed by atoms with van der Waals surface area (Å²) in [6.07, 6.45) is 3.57. The van der Waals surface area contributed by atoms with Crippen molar-refractivity contribution < 1.29 is 4.74 Å². The Labute approximate surface area is 107 Å². The van der Waals surface area contributed by atoms with Gasteiger partial charge in [0.05, 0.1) is 4.34 Å². The number of rotatable bonds is 8. The smallest absolute Gasteiger partial charge is 0.0931 e. The van der Waals surface area contributed by atoms with Crippen LogP contribution in [0, 0.1) is 0 Å². The lowest BCUT2D eigenvalue weighted by atomic mass is 10.1. The van der Waals surface area contributed by atoms with Crippen molar-refractivity contribution in [3.8, 4) is 0 Å². The molecule has 0 saturated heterocycles. The first-order valence-electron chi connectivity index (χ1n) is 5.70. The molecule has 1 aromatic rings. The average Bonchev–Trinajstić information content (AvgIpc) is 2.70. The van der Waals surface area contributed by atoms with Crippen molar-refractivity contribution in [2.75, 3.05) is 20.3 Å². The molecule has 92 valence electrons. The quantitative estimate of drug-likeness (QED) is 0.718. The molecule has 0 aromatic carbocycles. The highest BCUT2D eigenvalue weighted by Gasteiger charge is 2.06. The van der Waals surface area contributed by atoms with Crippen LogP contribution in [0.5, 0.6) is 0 Å². The van der Waals surface area contributed by atoms with Crippen molar-refractivity contribution in [1.29, 1.82) is 0 Å². The molecule has 4 heteroatoms. The summed E-state index contributed by atoms with van der Waals surface area (Å²) in [4.78, 5) is 0. The number of thiophene rings is 1.